The van der Waals surface area contributed by atoms with Crippen LogP contribution in [0.15, 0.2) is 54.2 Å². The molecule has 1 aromatic heterocycles. The standard InChI is InChI=1S/C24H27N3O5/c1-2-32-18-8-6-17(7-9-18)22(28)20-21(19-5-3-4-10-25-19)27(24(30)23(20)29)12-11-26-13-15-31-16-14-26/h3-10,21,28H,2,11-16H2,1H3/b22-20+/t21-/m1/s1. The topological polar surface area (TPSA) is 92.2 Å². The van der Waals surface area contributed by atoms with Gasteiger partial charge >= 0.3 is 0 Å². The molecule has 0 aliphatic carbocycles. The molecule has 2 aliphatic rings. The minimum atomic E-state index is -0.746. The second-order valence-corrected chi connectivity index (χ2v) is 7.66. The molecule has 168 valence electrons. The highest BCUT2D eigenvalue weighted by atomic mass is 16.5. The number of aromatic nitrogens is 1. The molecule has 0 unspecified atom stereocenters. The van der Waals surface area contributed by atoms with Crippen LogP contribution in [-0.2, 0) is 14.3 Å². The summed E-state index contributed by atoms with van der Waals surface area (Å²) in [5.74, 6) is -0.873. The van der Waals surface area contributed by atoms with Gasteiger partial charge in [0.15, 0.2) is 0 Å². The molecular weight excluding hydrogens is 410 g/mol. The Morgan fingerprint density at radius 1 is 1.12 bits per heavy atom. The first-order valence-electron chi connectivity index (χ1n) is 10.8. The molecule has 0 spiro atoms. The molecule has 2 aliphatic heterocycles. The van der Waals surface area contributed by atoms with Gasteiger partial charge in [-0.25, -0.2) is 0 Å². The molecule has 2 fully saturated rings. The molecule has 8 heteroatoms. The quantitative estimate of drug-likeness (QED) is 0.403. The summed E-state index contributed by atoms with van der Waals surface area (Å²) in [5.41, 5.74) is 1.04. The van der Waals surface area contributed by atoms with Crippen molar-refractivity contribution in [1.82, 2.24) is 14.8 Å². The number of ether oxygens (including phenoxy) is 2. The molecule has 2 aromatic rings. The summed E-state index contributed by atoms with van der Waals surface area (Å²) in [7, 11) is 0. The molecule has 1 N–H and O–H groups in total. The van der Waals surface area contributed by atoms with Crippen LogP contribution in [0.3, 0.4) is 0 Å². The van der Waals surface area contributed by atoms with Crippen molar-refractivity contribution in [1.29, 1.82) is 0 Å². The molecule has 0 radical (unpaired) electrons. The summed E-state index contributed by atoms with van der Waals surface area (Å²) in [6.07, 6.45) is 1.62. The van der Waals surface area contributed by atoms with E-state index >= 15 is 0 Å². The third-order valence-corrected chi connectivity index (χ3v) is 5.71. The Morgan fingerprint density at radius 2 is 1.88 bits per heavy atom. The molecule has 0 bridgehead atoms. The zero-order chi connectivity index (χ0) is 22.5. The number of hydrogen-bond donors (Lipinski definition) is 1. The predicted octanol–water partition coefficient (Wildman–Crippen LogP) is 2.23. The number of benzene rings is 1. The van der Waals surface area contributed by atoms with E-state index < -0.39 is 17.7 Å². The third-order valence-electron chi connectivity index (χ3n) is 5.71. The van der Waals surface area contributed by atoms with Gasteiger partial charge in [-0.3, -0.25) is 19.5 Å². The first-order chi connectivity index (χ1) is 15.6. The van der Waals surface area contributed by atoms with Gasteiger partial charge in [-0.2, -0.15) is 0 Å². The Bertz CT molecular complexity index is 984. The van der Waals surface area contributed by atoms with Crippen LogP contribution in [0.4, 0.5) is 0 Å². The second-order valence-electron chi connectivity index (χ2n) is 7.66. The van der Waals surface area contributed by atoms with E-state index in [1.54, 1.807) is 48.7 Å². The lowest BCUT2D eigenvalue weighted by Gasteiger charge is -2.30. The molecule has 2 saturated heterocycles. The summed E-state index contributed by atoms with van der Waals surface area (Å²) in [6, 6.07) is 11.4. The number of carbonyl (C=O) groups excluding carboxylic acids is 2. The number of ketones is 1. The van der Waals surface area contributed by atoms with Crippen LogP contribution in [0.1, 0.15) is 24.2 Å². The molecular formula is C24H27N3O5. The van der Waals surface area contributed by atoms with Crippen LogP contribution in [0, 0.1) is 0 Å². The SMILES string of the molecule is CCOc1ccc(/C(O)=C2\C(=O)C(=O)N(CCN3CCOCC3)[C@@H]2c2ccccn2)cc1. The number of rotatable bonds is 7. The molecule has 32 heavy (non-hydrogen) atoms. The van der Waals surface area contributed by atoms with E-state index in [1.807, 2.05) is 6.92 Å². The number of carbonyl (C=O) groups is 2. The van der Waals surface area contributed by atoms with Crippen LogP contribution >= 0.6 is 0 Å². The summed E-state index contributed by atoms with van der Waals surface area (Å²) < 4.78 is 10.8. The highest BCUT2D eigenvalue weighted by Gasteiger charge is 2.46. The zero-order valence-electron chi connectivity index (χ0n) is 18.1. The largest absolute Gasteiger partial charge is 0.507 e. The van der Waals surface area contributed by atoms with Gasteiger partial charge in [0.25, 0.3) is 11.7 Å². The molecule has 0 saturated carbocycles. The smallest absolute Gasteiger partial charge is 0.295 e. The molecule has 3 heterocycles. The van der Waals surface area contributed by atoms with Crippen molar-refractivity contribution in [3.8, 4) is 5.75 Å². The van der Waals surface area contributed by atoms with E-state index in [4.69, 9.17) is 9.47 Å². The lowest BCUT2D eigenvalue weighted by atomic mass is 9.98. The maximum atomic E-state index is 13.0. The maximum absolute atomic E-state index is 13.0. The normalized spacial score (nSPS) is 21.2. The highest BCUT2D eigenvalue weighted by molar-refractivity contribution is 6.46. The molecule has 1 amide bonds. The van der Waals surface area contributed by atoms with Crippen molar-refractivity contribution in [2.45, 2.75) is 13.0 Å². The van der Waals surface area contributed by atoms with Crippen molar-refractivity contribution in [3.05, 3.63) is 65.5 Å². The average molecular weight is 437 g/mol. The number of amides is 1. The van der Waals surface area contributed by atoms with Gasteiger partial charge in [0, 0.05) is 37.9 Å². The molecule has 1 aromatic carbocycles. The van der Waals surface area contributed by atoms with Crippen molar-refractivity contribution < 1.29 is 24.2 Å². The number of aliphatic hydroxyl groups excluding tert-OH is 1. The van der Waals surface area contributed by atoms with Gasteiger partial charge in [0.2, 0.25) is 0 Å². The second kappa shape index (κ2) is 9.93. The van der Waals surface area contributed by atoms with Gasteiger partial charge in [0.05, 0.1) is 31.1 Å². The van der Waals surface area contributed by atoms with Gasteiger partial charge in [-0.05, 0) is 43.3 Å². The van der Waals surface area contributed by atoms with E-state index in [2.05, 4.69) is 9.88 Å². The van der Waals surface area contributed by atoms with Crippen LogP contribution in [0.5, 0.6) is 5.75 Å². The lowest BCUT2D eigenvalue weighted by Crippen LogP contribution is -2.42. The first kappa shape index (κ1) is 22.0. The fourth-order valence-electron chi connectivity index (χ4n) is 4.06. The van der Waals surface area contributed by atoms with Crippen molar-refractivity contribution in [3.63, 3.8) is 0 Å². The summed E-state index contributed by atoms with van der Waals surface area (Å²) in [6.45, 7) is 6.25. The van der Waals surface area contributed by atoms with Crippen LogP contribution in [-0.4, -0.2) is 77.6 Å². The number of morpholine rings is 1. The summed E-state index contributed by atoms with van der Waals surface area (Å²) >= 11 is 0. The van der Waals surface area contributed by atoms with Crippen molar-refractivity contribution in [2.75, 3.05) is 46.0 Å². The fraction of sp³-hybridized carbons (Fsp3) is 0.375. The van der Waals surface area contributed by atoms with Crippen LogP contribution < -0.4 is 4.74 Å². The number of pyridine rings is 1. The minimum Gasteiger partial charge on any atom is -0.507 e. The number of hydrogen-bond acceptors (Lipinski definition) is 7. The monoisotopic (exact) mass is 437 g/mol. The highest BCUT2D eigenvalue weighted by Crippen LogP contribution is 2.38. The van der Waals surface area contributed by atoms with E-state index in [9.17, 15) is 14.7 Å². The van der Waals surface area contributed by atoms with Crippen molar-refractivity contribution >= 4 is 17.4 Å². The fourth-order valence-corrected chi connectivity index (χ4v) is 4.06. The zero-order valence-corrected chi connectivity index (χ0v) is 18.1. The predicted molar refractivity (Wildman–Crippen MR) is 118 cm³/mol. The van der Waals surface area contributed by atoms with E-state index in [-0.39, 0.29) is 11.3 Å². The van der Waals surface area contributed by atoms with Crippen LogP contribution in [0.25, 0.3) is 5.76 Å². The van der Waals surface area contributed by atoms with Gasteiger partial charge in [0.1, 0.15) is 17.6 Å². The van der Waals surface area contributed by atoms with E-state index in [1.165, 1.54) is 4.90 Å². The summed E-state index contributed by atoms with van der Waals surface area (Å²) in [5, 5.41) is 11.1. The molecule has 1 atom stereocenters. The Labute approximate surface area is 187 Å². The number of nitrogens with zero attached hydrogens (tertiary/aromatic N) is 3. The molecule has 8 nitrogen and oxygen atoms in total. The maximum Gasteiger partial charge on any atom is 0.295 e. The van der Waals surface area contributed by atoms with Gasteiger partial charge in [-0.1, -0.05) is 6.07 Å². The third kappa shape index (κ3) is 4.51. The van der Waals surface area contributed by atoms with E-state index in [0.717, 1.165) is 13.1 Å². The number of likely N-dealkylation sites (tertiary alicyclic amines) is 1. The Kier molecular flexibility index (Phi) is 6.82. The van der Waals surface area contributed by atoms with Gasteiger partial charge < -0.3 is 19.5 Å². The Morgan fingerprint density at radius 3 is 2.53 bits per heavy atom. The van der Waals surface area contributed by atoms with E-state index in [0.29, 0.717) is 49.9 Å². The Balaban J connectivity index is 1.68. The molecule has 4 rings (SSSR count). The lowest BCUT2D eigenvalue weighted by molar-refractivity contribution is -0.140. The van der Waals surface area contributed by atoms with Crippen LogP contribution in [0.2, 0.25) is 0 Å². The number of Topliss-reactive ketones (excluding diaryl/α,β-unsaturated/α-hetero) is 1. The first-order valence-corrected chi connectivity index (χ1v) is 10.8. The Hall–Kier alpha value is -3.23. The van der Waals surface area contributed by atoms with Crippen molar-refractivity contribution in [2.24, 2.45) is 0 Å². The average Bonchev–Trinajstić information content (AvgIpc) is 3.09. The van der Waals surface area contributed by atoms with Gasteiger partial charge in [-0.15, -0.1) is 0 Å². The number of aliphatic hydroxyl groups is 1. The summed E-state index contributed by atoms with van der Waals surface area (Å²) in [4.78, 5) is 34.1. The minimum absolute atomic E-state index is 0.0554.